The van der Waals surface area contributed by atoms with Crippen molar-refractivity contribution in [3.8, 4) is 0 Å². The number of hydrogen-bond acceptors (Lipinski definition) is 5. The van der Waals surface area contributed by atoms with Gasteiger partial charge in [0.05, 0.1) is 18.9 Å². The Morgan fingerprint density at radius 1 is 1.50 bits per heavy atom. The van der Waals surface area contributed by atoms with Crippen LogP contribution in [0.4, 0.5) is 0 Å². The first-order valence-corrected chi connectivity index (χ1v) is 8.22. The standard InChI is InChI=1S/C11H19N3O5S/c1-7(15)8(9(12)16)13-6-11(10(13)17)4-3-5-14(11)20(2,18)19/h7-8,15H,3-6H2,1-2H3,(H2,12,16)/t7?,8?,11-/m0/s1. The summed E-state index contributed by atoms with van der Waals surface area (Å²) in [5.41, 5.74) is 4.11. The normalized spacial score (nSPS) is 30.4. The first-order chi connectivity index (χ1) is 9.11. The molecule has 0 aromatic rings. The Hall–Kier alpha value is -1.19. The van der Waals surface area contributed by atoms with Crippen molar-refractivity contribution >= 4 is 21.8 Å². The molecule has 2 saturated heterocycles. The van der Waals surface area contributed by atoms with E-state index in [9.17, 15) is 23.1 Å². The zero-order valence-corrected chi connectivity index (χ0v) is 12.3. The molecular weight excluding hydrogens is 286 g/mol. The second-order valence-corrected chi connectivity index (χ2v) is 7.40. The highest BCUT2D eigenvalue weighted by atomic mass is 32.2. The van der Waals surface area contributed by atoms with E-state index in [2.05, 4.69) is 0 Å². The summed E-state index contributed by atoms with van der Waals surface area (Å²) in [6.45, 7) is 1.77. The molecule has 0 saturated carbocycles. The molecule has 2 unspecified atom stereocenters. The highest BCUT2D eigenvalue weighted by molar-refractivity contribution is 7.88. The van der Waals surface area contributed by atoms with Crippen molar-refractivity contribution in [1.29, 1.82) is 0 Å². The number of β-lactam (4-membered cyclic amide) rings is 1. The number of nitrogens with two attached hydrogens (primary N) is 1. The molecular formula is C11H19N3O5S. The van der Waals surface area contributed by atoms with Gasteiger partial charge in [-0.2, -0.15) is 4.31 Å². The lowest BCUT2D eigenvalue weighted by molar-refractivity contribution is -0.167. The van der Waals surface area contributed by atoms with Crippen LogP contribution in [-0.4, -0.2) is 71.6 Å². The molecule has 2 heterocycles. The monoisotopic (exact) mass is 305 g/mol. The summed E-state index contributed by atoms with van der Waals surface area (Å²) in [6.07, 6.45) is 1.00. The van der Waals surface area contributed by atoms with E-state index in [-0.39, 0.29) is 6.54 Å². The van der Waals surface area contributed by atoms with Gasteiger partial charge in [0.25, 0.3) is 0 Å². The van der Waals surface area contributed by atoms with Gasteiger partial charge in [-0.25, -0.2) is 8.42 Å². The first-order valence-electron chi connectivity index (χ1n) is 6.37. The number of carbonyl (C=O) groups excluding carboxylic acids is 2. The zero-order valence-electron chi connectivity index (χ0n) is 11.4. The molecule has 8 nitrogen and oxygen atoms in total. The molecule has 0 radical (unpaired) electrons. The summed E-state index contributed by atoms with van der Waals surface area (Å²) in [6, 6.07) is -1.12. The molecule has 20 heavy (non-hydrogen) atoms. The summed E-state index contributed by atoms with van der Waals surface area (Å²) in [7, 11) is -3.49. The number of sulfonamides is 1. The SMILES string of the molecule is CC(O)C(C(N)=O)N1C[C@@]2(CCCN2S(C)(=O)=O)C1=O. The minimum atomic E-state index is -3.49. The molecule has 2 aliphatic heterocycles. The van der Waals surface area contributed by atoms with Gasteiger partial charge in [-0.1, -0.05) is 0 Å². The van der Waals surface area contributed by atoms with Gasteiger partial charge in [0, 0.05) is 6.54 Å². The summed E-state index contributed by atoms with van der Waals surface area (Å²) in [4.78, 5) is 24.9. The van der Waals surface area contributed by atoms with Gasteiger partial charge in [-0.05, 0) is 19.8 Å². The molecule has 3 atom stereocenters. The maximum atomic E-state index is 12.4. The smallest absolute Gasteiger partial charge is 0.246 e. The number of primary amides is 1. The summed E-state index contributed by atoms with van der Waals surface area (Å²) >= 11 is 0. The molecule has 2 aliphatic rings. The highest BCUT2D eigenvalue weighted by Crippen LogP contribution is 2.41. The van der Waals surface area contributed by atoms with Crippen LogP contribution in [0.1, 0.15) is 19.8 Å². The Morgan fingerprint density at radius 3 is 2.50 bits per heavy atom. The summed E-state index contributed by atoms with van der Waals surface area (Å²) in [5.74, 6) is -1.25. The quantitative estimate of drug-likeness (QED) is 0.574. The van der Waals surface area contributed by atoms with E-state index in [1.807, 2.05) is 0 Å². The average molecular weight is 305 g/mol. The van der Waals surface area contributed by atoms with E-state index in [0.29, 0.717) is 19.4 Å². The molecule has 2 fully saturated rings. The fraction of sp³-hybridized carbons (Fsp3) is 0.818. The van der Waals surface area contributed by atoms with E-state index in [1.54, 1.807) is 0 Å². The van der Waals surface area contributed by atoms with Crippen LogP contribution in [0.2, 0.25) is 0 Å². The molecule has 0 bridgehead atoms. The molecule has 1 spiro atoms. The van der Waals surface area contributed by atoms with Crippen molar-refractivity contribution in [3.63, 3.8) is 0 Å². The van der Waals surface area contributed by atoms with E-state index in [1.165, 1.54) is 11.2 Å². The van der Waals surface area contributed by atoms with Gasteiger partial charge in [0.15, 0.2) is 0 Å². The predicted octanol–water partition coefficient (Wildman–Crippen LogP) is -2.14. The largest absolute Gasteiger partial charge is 0.391 e. The van der Waals surface area contributed by atoms with Crippen LogP contribution in [0.25, 0.3) is 0 Å². The van der Waals surface area contributed by atoms with Crippen LogP contribution in [0, 0.1) is 0 Å². The summed E-state index contributed by atoms with van der Waals surface area (Å²) < 4.78 is 24.7. The second kappa shape index (κ2) is 4.68. The average Bonchev–Trinajstić information content (AvgIpc) is 2.73. The topological polar surface area (TPSA) is 121 Å². The van der Waals surface area contributed by atoms with Gasteiger partial charge in [-0.15, -0.1) is 0 Å². The van der Waals surface area contributed by atoms with Crippen LogP contribution in [0.15, 0.2) is 0 Å². The maximum absolute atomic E-state index is 12.4. The lowest BCUT2D eigenvalue weighted by atomic mass is 9.84. The number of carbonyl (C=O) groups is 2. The number of nitrogens with zero attached hydrogens (tertiary/aromatic N) is 2. The van der Waals surface area contributed by atoms with Crippen LogP contribution >= 0.6 is 0 Å². The second-order valence-electron chi connectivity index (χ2n) is 5.49. The molecule has 0 aromatic carbocycles. The number of aliphatic hydroxyl groups is 1. The van der Waals surface area contributed by atoms with Crippen LogP contribution < -0.4 is 5.73 Å². The maximum Gasteiger partial charge on any atom is 0.246 e. The number of hydrogen-bond donors (Lipinski definition) is 2. The minimum absolute atomic E-state index is 0.0947. The van der Waals surface area contributed by atoms with Crippen LogP contribution in [0.5, 0.6) is 0 Å². The third-order valence-electron chi connectivity index (χ3n) is 4.00. The van der Waals surface area contributed by atoms with Gasteiger partial charge >= 0.3 is 0 Å². The molecule has 0 aliphatic carbocycles. The lowest BCUT2D eigenvalue weighted by Crippen LogP contribution is -2.76. The van der Waals surface area contributed by atoms with E-state index >= 15 is 0 Å². The van der Waals surface area contributed by atoms with Crippen LogP contribution in [-0.2, 0) is 19.6 Å². The Bertz CT molecular complexity index is 546. The van der Waals surface area contributed by atoms with Crippen molar-refractivity contribution in [2.75, 3.05) is 19.3 Å². The van der Waals surface area contributed by atoms with Crippen molar-refractivity contribution < 1.29 is 23.1 Å². The molecule has 114 valence electrons. The number of likely N-dealkylation sites (tertiary alicyclic amines) is 1. The Balaban J connectivity index is 2.25. The van der Waals surface area contributed by atoms with Crippen molar-refractivity contribution in [3.05, 3.63) is 0 Å². The van der Waals surface area contributed by atoms with Gasteiger partial charge in [0.2, 0.25) is 21.8 Å². The number of amides is 2. The fourth-order valence-electron chi connectivity index (χ4n) is 3.18. The van der Waals surface area contributed by atoms with Crippen molar-refractivity contribution in [2.24, 2.45) is 5.73 Å². The van der Waals surface area contributed by atoms with Crippen molar-refractivity contribution in [2.45, 2.75) is 37.5 Å². The minimum Gasteiger partial charge on any atom is -0.391 e. The van der Waals surface area contributed by atoms with Gasteiger partial charge in [-0.3, -0.25) is 9.59 Å². The molecule has 3 N–H and O–H groups in total. The zero-order chi connectivity index (χ0) is 15.3. The molecule has 2 amide bonds. The molecule has 2 rings (SSSR count). The van der Waals surface area contributed by atoms with Crippen molar-refractivity contribution in [1.82, 2.24) is 9.21 Å². The lowest BCUT2D eigenvalue weighted by Gasteiger charge is -2.52. The number of rotatable bonds is 4. The van der Waals surface area contributed by atoms with E-state index < -0.39 is 39.5 Å². The first kappa shape index (κ1) is 15.2. The van der Waals surface area contributed by atoms with E-state index in [4.69, 9.17) is 5.73 Å². The van der Waals surface area contributed by atoms with Gasteiger partial charge < -0.3 is 15.7 Å². The molecule has 9 heteroatoms. The third kappa shape index (κ3) is 2.09. The Labute approximate surface area is 117 Å². The third-order valence-corrected chi connectivity index (χ3v) is 5.34. The molecule has 0 aromatic heterocycles. The predicted molar refractivity (Wildman–Crippen MR) is 69.9 cm³/mol. The van der Waals surface area contributed by atoms with Crippen LogP contribution in [0.3, 0.4) is 0 Å². The Kier molecular flexibility index (Phi) is 3.55. The highest BCUT2D eigenvalue weighted by Gasteiger charge is 2.63. The summed E-state index contributed by atoms with van der Waals surface area (Å²) in [5, 5.41) is 9.57. The number of aliphatic hydroxyl groups excluding tert-OH is 1. The Morgan fingerprint density at radius 2 is 2.10 bits per heavy atom. The van der Waals surface area contributed by atoms with Gasteiger partial charge in [0.1, 0.15) is 11.6 Å². The fourth-order valence-corrected chi connectivity index (χ4v) is 4.51. The van der Waals surface area contributed by atoms with E-state index in [0.717, 1.165) is 11.2 Å².